The Labute approximate surface area is 122 Å². The van der Waals surface area contributed by atoms with Crippen LogP contribution in [0.15, 0.2) is 41.0 Å². The van der Waals surface area contributed by atoms with Gasteiger partial charge in [-0.15, -0.1) is 0 Å². The van der Waals surface area contributed by atoms with Gasteiger partial charge in [0.25, 0.3) is 0 Å². The lowest BCUT2D eigenvalue weighted by Crippen LogP contribution is -2.15. The normalized spacial score (nSPS) is 10.2. The molecule has 0 saturated carbocycles. The Balaban J connectivity index is 2.03. The zero-order valence-electron chi connectivity index (χ0n) is 9.72. The third-order valence-electron chi connectivity index (χ3n) is 2.42. The van der Waals surface area contributed by atoms with Crippen LogP contribution in [0.3, 0.4) is 0 Å². The van der Waals surface area contributed by atoms with Gasteiger partial charge in [0.05, 0.1) is 12.7 Å². The van der Waals surface area contributed by atoms with E-state index in [1.807, 2.05) is 12.1 Å². The van der Waals surface area contributed by atoms with Crippen LogP contribution in [0.2, 0.25) is 0 Å². The highest BCUT2D eigenvalue weighted by Gasteiger charge is 2.16. The molecule has 0 bridgehead atoms. The molecule has 2 aromatic rings. The van der Waals surface area contributed by atoms with E-state index in [4.69, 9.17) is 9.52 Å². The SMILES string of the molecule is O=C(Cc1occc1C(=O)O)Nc1ccc(I)cc1. The Bertz CT molecular complexity index is 603. The van der Waals surface area contributed by atoms with Gasteiger partial charge in [-0.3, -0.25) is 4.79 Å². The largest absolute Gasteiger partial charge is 0.478 e. The molecule has 0 spiro atoms. The van der Waals surface area contributed by atoms with Crippen LogP contribution < -0.4 is 5.32 Å². The molecule has 1 heterocycles. The minimum Gasteiger partial charge on any atom is -0.478 e. The van der Waals surface area contributed by atoms with E-state index in [9.17, 15) is 9.59 Å². The average Bonchev–Trinajstić information content (AvgIpc) is 2.80. The summed E-state index contributed by atoms with van der Waals surface area (Å²) in [5.41, 5.74) is 0.673. The number of aromatic carboxylic acids is 1. The van der Waals surface area contributed by atoms with Crippen molar-refractivity contribution in [1.82, 2.24) is 0 Å². The summed E-state index contributed by atoms with van der Waals surface area (Å²) in [7, 11) is 0. The van der Waals surface area contributed by atoms with Crippen LogP contribution in [-0.2, 0) is 11.2 Å². The quantitative estimate of drug-likeness (QED) is 0.811. The number of hydrogen-bond donors (Lipinski definition) is 2. The summed E-state index contributed by atoms with van der Waals surface area (Å²) in [6, 6.07) is 8.62. The van der Waals surface area contributed by atoms with E-state index in [1.54, 1.807) is 12.1 Å². The number of amides is 1. The van der Waals surface area contributed by atoms with Gasteiger partial charge in [-0.25, -0.2) is 4.79 Å². The molecule has 5 nitrogen and oxygen atoms in total. The van der Waals surface area contributed by atoms with Crippen molar-refractivity contribution in [3.8, 4) is 0 Å². The van der Waals surface area contributed by atoms with E-state index in [-0.39, 0.29) is 23.7 Å². The number of hydrogen-bond acceptors (Lipinski definition) is 3. The predicted octanol–water partition coefficient (Wildman–Crippen LogP) is 2.76. The van der Waals surface area contributed by atoms with Crippen LogP contribution in [0.25, 0.3) is 0 Å². The van der Waals surface area contributed by atoms with Crippen molar-refractivity contribution in [2.45, 2.75) is 6.42 Å². The second kappa shape index (κ2) is 5.87. The Hall–Kier alpha value is -1.83. The molecule has 1 amide bonds. The first kappa shape index (κ1) is 13.6. The molecule has 98 valence electrons. The first-order valence-electron chi connectivity index (χ1n) is 5.41. The molecule has 0 saturated heterocycles. The van der Waals surface area contributed by atoms with Crippen molar-refractivity contribution < 1.29 is 19.1 Å². The average molecular weight is 371 g/mol. The smallest absolute Gasteiger partial charge is 0.339 e. The highest BCUT2D eigenvalue weighted by Crippen LogP contribution is 2.14. The molecule has 0 aliphatic rings. The van der Waals surface area contributed by atoms with Gasteiger partial charge in [0.2, 0.25) is 5.91 Å². The Morgan fingerprint density at radius 3 is 2.53 bits per heavy atom. The highest BCUT2D eigenvalue weighted by atomic mass is 127. The zero-order valence-corrected chi connectivity index (χ0v) is 11.9. The van der Waals surface area contributed by atoms with Gasteiger partial charge in [0.15, 0.2) is 0 Å². The topological polar surface area (TPSA) is 79.5 Å². The molecule has 6 heteroatoms. The van der Waals surface area contributed by atoms with E-state index in [2.05, 4.69) is 27.9 Å². The summed E-state index contributed by atoms with van der Waals surface area (Å²) in [4.78, 5) is 22.6. The van der Waals surface area contributed by atoms with Gasteiger partial charge in [0.1, 0.15) is 11.3 Å². The fourth-order valence-electron chi connectivity index (χ4n) is 1.55. The number of carbonyl (C=O) groups excluding carboxylic acids is 1. The van der Waals surface area contributed by atoms with Gasteiger partial charge < -0.3 is 14.8 Å². The lowest BCUT2D eigenvalue weighted by molar-refractivity contribution is -0.115. The van der Waals surface area contributed by atoms with Crippen LogP contribution in [0, 0.1) is 3.57 Å². The zero-order chi connectivity index (χ0) is 13.8. The van der Waals surface area contributed by atoms with E-state index >= 15 is 0 Å². The molecule has 0 radical (unpaired) electrons. The van der Waals surface area contributed by atoms with Gasteiger partial charge in [-0.1, -0.05) is 0 Å². The minimum absolute atomic E-state index is 0.0118. The molecule has 19 heavy (non-hydrogen) atoms. The third-order valence-corrected chi connectivity index (χ3v) is 3.14. The summed E-state index contributed by atoms with van der Waals surface area (Å²) in [5.74, 6) is -1.28. The first-order valence-corrected chi connectivity index (χ1v) is 6.49. The minimum atomic E-state index is -1.11. The van der Waals surface area contributed by atoms with Crippen molar-refractivity contribution in [1.29, 1.82) is 0 Å². The van der Waals surface area contributed by atoms with Crippen molar-refractivity contribution >= 4 is 40.2 Å². The van der Waals surface area contributed by atoms with Gasteiger partial charge in [-0.2, -0.15) is 0 Å². The number of carboxylic acid groups (broad SMARTS) is 1. The predicted molar refractivity (Wildman–Crippen MR) is 77.2 cm³/mol. The summed E-state index contributed by atoms with van der Waals surface area (Å²) in [6.45, 7) is 0. The van der Waals surface area contributed by atoms with Crippen LogP contribution in [0.1, 0.15) is 16.1 Å². The molecule has 2 N–H and O–H groups in total. The molecule has 0 unspecified atom stereocenters. The van der Waals surface area contributed by atoms with Gasteiger partial charge >= 0.3 is 5.97 Å². The maximum absolute atomic E-state index is 11.8. The van der Waals surface area contributed by atoms with Crippen LogP contribution in [0.4, 0.5) is 5.69 Å². The number of benzene rings is 1. The van der Waals surface area contributed by atoms with Gasteiger partial charge in [0, 0.05) is 9.26 Å². The van der Waals surface area contributed by atoms with Crippen molar-refractivity contribution in [2.75, 3.05) is 5.32 Å². The second-order valence-corrected chi connectivity index (χ2v) is 5.04. The fourth-order valence-corrected chi connectivity index (χ4v) is 1.91. The Morgan fingerprint density at radius 2 is 1.89 bits per heavy atom. The molecular weight excluding hydrogens is 361 g/mol. The van der Waals surface area contributed by atoms with E-state index in [1.165, 1.54) is 12.3 Å². The van der Waals surface area contributed by atoms with Crippen molar-refractivity contribution in [3.05, 3.63) is 51.5 Å². The number of carboxylic acids is 1. The van der Waals surface area contributed by atoms with Gasteiger partial charge in [-0.05, 0) is 52.9 Å². The lowest BCUT2D eigenvalue weighted by Gasteiger charge is -2.04. The van der Waals surface area contributed by atoms with E-state index in [0.29, 0.717) is 5.69 Å². The van der Waals surface area contributed by atoms with Crippen LogP contribution in [-0.4, -0.2) is 17.0 Å². The molecular formula is C13H10INO4. The monoisotopic (exact) mass is 371 g/mol. The maximum Gasteiger partial charge on any atom is 0.339 e. The number of rotatable bonds is 4. The summed E-state index contributed by atoms with van der Waals surface area (Å²) in [5, 5.41) is 11.6. The number of nitrogens with one attached hydrogen (secondary N) is 1. The van der Waals surface area contributed by atoms with E-state index < -0.39 is 5.97 Å². The molecule has 1 aromatic heterocycles. The Morgan fingerprint density at radius 1 is 1.21 bits per heavy atom. The second-order valence-electron chi connectivity index (χ2n) is 3.79. The van der Waals surface area contributed by atoms with E-state index in [0.717, 1.165) is 3.57 Å². The fraction of sp³-hybridized carbons (Fsp3) is 0.0769. The summed E-state index contributed by atoms with van der Waals surface area (Å²) < 4.78 is 6.08. The van der Waals surface area contributed by atoms with Crippen molar-refractivity contribution in [2.24, 2.45) is 0 Å². The highest BCUT2D eigenvalue weighted by molar-refractivity contribution is 14.1. The third kappa shape index (κ3) is 3.57. The standard InChI is InChI=1S/C13H10INO4/c14-8-1-3-9(4-2-8)15-12(16)7-11-10(13(17)18)5-6-19-11/h1-6H,7H2,(H,15,16)(H,17,18). The maximum atomic E-state index is 11.8. The summed E-state index contributed by atoms with van der Waals surface area (Å²) >= 11 is 2.17. The molecule has 0 aliphatic heterocycles. The number of furan rings is 1. The molecule has 1 aromatic carbocycles. The first-order chi connectivity index (χ1) is 9.06. The van der Waals surface area contributed by atoms with Crippen LogP contribution >= 0.6 is 22.6 Å². The van der Waals surface area contributed by atoms with Crippen molar-refractivity contribution in [3.63, 3.8) is 0 Å². The van der Waals surface area contributed by atoms with Crippen LogP contribution in [0.5, 0.6) is 0 Å². The molecule has 0 aliphatic carbocycles. The summed E-state index contributed by atoms with van der Waals surface area (Å²) in [6.07, 6.45) is 1.15. The molecule has 0 fully saturated rings. The number of carbonyl (C=O) groups is 2. The number of halogens is 1. The number of anilines is 1. The lowest BCUT2D eigenvalue weighted by atomic mass is 10.2. The molecule has 2 rings (SSSR count). The molecule has 0 atom stereocenters. The Kier molecular flexibility index (Phi) is 4.20.